The Bertz CT molecular complexity index is 1150. The van der Waals surface area contributed by atoms with Crippen LogP contribution in [0.4, 0.5) is 5.69 Å². The van der Waals surface area contributed by atoms with Crippen molar-refractivity contribution in [2.75, 3.05) is 25.0 Å². The van der Waals surface area contributed by atoms with E-state index in [9.17, 15) is 22.8 Å². The number of halogens is 1. The summed E-state index contributed by atoms with van der Waals surface area (Å²) in [5.74, 6) is -2.01. The van der Waals surface area contributed by atoms with Gasteiger partial charge in [-0.15, -0.1) is 0 Å². The van der Waals surface area contributed by atoms with Crippen LogP contribution in [0.3, 0.4) is 0 Å². The Morgan fingerprint density at radius 2 is 1.79 bits per heavy atom. The number of hydrogen-bond acceptors (Lipinski definition) is 6. The number of carbonyl (C=O) groups is 3. The molecule has 2 aromatic carbocycles. The van der Waals surface area contributed by atoms with Gasteiger partial charge in [0.15, 0.2) is 6.61 Å². The fourth-order valence-corrected chi connectivity index (χ4v) is 5.03. The predicted molar refractivity (Wildman–Crippen MR) is 122 cm³/mol. The van der Waals surface area contributed by atoms with E-state index in [0.29, 0.717) is 13.1 Å². The number of anilines is 1. The zero-order valence-corrected chi connectivity index (χ0v) is 19.5. The van der Waals surface area contributed by atoms with Gasteiger partial charge in [-0.25, -0.2) is 13.2 Å². The molecule has 0 saturated carbocycles. The lowest BCUT2D eigenvalue weighted by atomic mass is 10.2. The van der Waals surface area contributed by atoms with Crippen LogP contribution in [0.25, 0.3) is 0 Å². The minimum atomic E-state index is -3.62. The first-order valence-electron chi connectivity index (χ1n) is 10.3. The van der Waals surface area contributed by atoms with Crippen molar-refractivity contribution in [3.05, 3.63) is 59.1 Å². The number of nitrogens with zero attached hydrogens (tertiary/aromatic N) is 1. The third kappa shape index (κ3) is 6.31. The first-order chi connectivity index (χ1) is 15.7. The minimum absolute atomic E-state index is 0.0788. The Morgan fingerprint density at radius 3 is 2.48 bits per heavy atom. The molecule has 3 rings (SSSR count). The van der Waals surface area contributed by atoms with Crippen LogP contribution in [0.1, 0.15) is 30.1 Å². The highest BCUT2D eigenvalue weighted by Crippen LogP contribution is 2.23. The standard InChI is InChI=1S/C22H24ClN3O6S/c1-15(24-21(28)18-9-2-3-10-19(18)23)22(29)32-14-20(27)25-16-7-6-8-17(13-16)33(30,31)26-11-4-5-12-26/h2-3,6-10,13,15H,4-5,11-12,14H2,1H3,(H,24,28)(H,25,27). The number of carbonyl (C=O) groups excluding carboxylic acids is 3. The molecule has 1 atom stereocenters. The molecule has 1 aliphatic rings. The van der Waals surface area contributed by atoms with Gasteiger partial charge < -0.3 is 15.4 Å². The van der Waals surface area contributed by atoms with Gasteiger partial charge in [0.2, 0.25) is 10.0 Å². The molecule has 1 saturated heterocycles. The van der Waals surface area contributed by atoms with Crippen molar-refractivity contribution < 1.29 is 27.5 Å². The zero-order chi connectivity index (χ0) is 24.0. The summed E-state index contributed by atoms with van der Waals surface area (Å²) in [7, 11) is -3.62. The minimum Gasteiger partial charge on any atom is -0.454 e. The molecular formula is C22H24ClN3O6S. The maximum atomic E-state index is 12.7. The molecule has 176 valence electrons. The topological polar surface area (TPSA) is 122 Å². The van der Waals surface area contributed by atoms with Crippen LogP contribution in [0.2, 0.25) is 5.02 Å². The lowest BCUT2D eigenvalue weighted by Crippen LogP contribution is -2.40. The van der Waals surface area contributed by atoms with Crippen LogP contribution in [0.15, 0.2) is 53.4 Å². The van der Waals surface area contributed by atoms with E-state index in [1.165, 1.54) is 41.6 Å². The van der Waals surface area contributed by atoms with Crippen molar-refractivity contribution in [2.24, 2.45) is 0 Å². The van der Waals surface area contributed by atoms with Crippen LogP contribution in [0.5, 0.6) is 0 Å². The van der Waals surface area contributed by atoms with E-state index in [1.54, 1.807) is 18.2 Å². The molecule has 0 radical (unpaired) electrons. The highest BCUT2D eigenvalue weighted by atomic mass is 35.5. The monoisotopic (exact) mass is 493 g/mol. The smallest absolute Gasteiger partial charge is 0.328 e. The van der Waals surface area contributed by atoms with Crippen molar-refractivity contribution in [1.82, 2.24) is 9.62 Å². The number of sulfonamides is 1. The quantitative estimate of drug-likeness (QED) is 0.544. The van der Waals surface area contributed by atoms with E-state index in [1.807, 2.05) is 0 Å². The number of nitrogens with one attached hydrogen (secondary N) is 2. The molecule has 2 amide bonds. The van der Waals surface area contributed by atoms with Gasteiger partial charge in [0.1, 0.15) is 6.04 Å². The Kier molecular flexibility index (Phi) is 8.06. The molecule has 1 aliphatic heterocycles. The molecule has 0 aliphatic carbocycles. The summed E-state index contributed by atoms with van der Waals surface area (Å²) in [5.41, 5.74) is 0.469. The Labute approximate surface area is 197 Å². The summed E-state index contributed by atoms with van der Waals surface area (Å²) >= 11 is 5.97. The lowest BCUT2D eigenvalue weighted by Gasteiger charge is -2.16. The third-order valence-corrected chi connectivity index (χ3v) is 7.21. The van der Waals surface area contributed by atoms with Crippen molar-refractivity contribution >= 4 is 45.1 Å². The van der Waals surface area contributed by atoms with Gasteiger partial charge in [-0.2, -0.15) is 4.31 Å². The van der Waals surface area contributed by atoms with Crippen LogP contribution >= 0.6 is 11.6 Å². The predicted octanol–water partition coefficient (Wildman–Crippen LogP) is 2.42. The average molecular weight is 494 g/mol. The zero-order valence-electron chi connectivity index (χ0n) is 17.9. The second kappa shape index (κ2) is 10.8. The highest BCUT2D eigenvalue weighted by molar-refractivity contribution is 7.89. The van der Waals surface area contributed by atoms with E-state index in [0.717, 1.165) is 12.8 Å². The SMILES string of the molecule is CC(NC(=O)c1ccccc1Cl)C(=O)OCC(=O)Nc1cccc(S(=O)(=O)N2CCCC2)c1. The second-order valence-electron chi connectivity index (χ2n) is 7.47. The number of hydrogen-bond donors (Lipinski definition) is 2. The molecule has 11 heteroatoms. The van der Waals surface area contributed by atoms with Gasteiger partial charge in [0.05, 0.1) is 15.5 Å². The normalized spacial score (nSPS) is 15.0. The number of esters is 1. The van der Waals surface area contributed by atoms with E-state index in [-0.39, 0.29) is 21.2 Å². The third-order valence-electron chi connectivity index (χ3n) is 4.99. The molecule has 2 aromatic rings. The van der Waals surface area contributed by atoms with Gasteiger partial charge in [0.25, 0.3) is 11.8 Å². The molecular weight excluding hydrogens is 470 g/mol. The molecule has 0 aromatic heterocycles. The van der Waals surface area contributed by atoms with Gasteiger partial charge in [-0.1, -0.05) is 29.8 Å². The van der Waals surface area contributed by atoms with Gasteiger partial charge >= 0.3 is 5.97 Å². The summed E-state index contributed by atoms with van der Waals surface area (Å²) in [6, 6.07) is 11.2. The highest BCUT2D eigenvalue weighted by Gasteiger charge is 2.27. The fraction of sp³-hybridized carbons (Fsp3) is 0.318. The Hall–Kier alpha value is -2.95. The molecule has 0 spiro atoms. The maximum absolute atomic E-state index is 12.7. The van der Waals surface area contributed by atoms with Crippen LogP contribution in [0, 0.1) is 0 Å². The van der Waals surface area contributed by atoms with Crippen LogP contribution in [-0.4, -0.2) is 56.2 Å². The van der Waals surface area contributed by atoms with E-state index in [4.69, 9.17) is 16.3 Å². The first-order valence-corrected chi connectivity index (χ1v) is 12.1. The summed E-state index contributed by atoms with van der Waals surface area (Å²) < 4.78 is 31.7. The summed E-state index contributed by atoms with van der Waals surface area (Å²) in [5, 5.41) is 5.21. The van der Waals surface area contributed by atoms with Crippen molar-refractivity contribution in [1.29, 1.82) is 0 Å². The maximum Gasteiger partial charge on any atom is 0.328 e. The van der Waals surface area contributed by atoms with Crippen molar-refractivity contribution in [2.45, 2.75) is 30.7 Å². The molecule has 0 bridgehead atoms. The lowest BCUT2D eigenvalue weighted by molar-refractivity contribution is -0.148. The Morgan fingerprint density at radius 1 is 1.09 bits per heavy atom. The van der Waals surface area contributed by atoms with Crippen LogP contribution in [-0.2, 0) is 24.3 Å². The molecule has 1 unspecified atom stereocenters. The van der Waals surface area contributed by atoms with E-state index >= 15 is 0 Å². The molecule has 33 heavy (non-hydrogen) atoms. The molecule has 9 nitrogen and oxygen atoms in total. The summed E-state index contributed by atoms with van der Waals surface area (Å²) in [6.45, 7) is 1.76. The number of amides is 2. The summed E-state index contributed by atoms with van der Waals surface area (Å²) in [4.78, 5) is 36.7. The van der Waals surface area contributed by atoms with Crippen molar-refractivity contribution in [3.63, 3.8) is 0 Å². The van der Waals surface area contributed by atoms with Gasteiger partial charge in [0, 0.05) is 18.8 Å². The molecule has 2 N–H and O–H groups in total. The molecule has 1 fully saturated rings. The van der Waals surface area contributed by atoms with E-state index in [2.05, 4.69) is 10.6 Å². The molecule has 1 heterocycles. The fourth-order valence-electron chi connectivity index (χ4n) is 3.25. The van der Waals surface area contributed by atoms with Crippen molar-refractivity contribution in [3.8, 4) is 0 Å². The van der Waals surface area contributed by atoms with Gasteiger partial charge in [-0.05, 0) is 50.1 Å². The first kappa shape index (κ1) is 24.7. The number of benzene rings is 2. The Balaban J connectivity index is 1.52. The second-order valence-corrected chi connectivity index (χ2v) is 9.82. The number of rotatable bonds is 8. The van der Waals surface area contributed by atoms with E-state index < -0.39 is 40.5 Å². The number of ether oxygens (including phenoxy) is 1. The van der Waals surface area contributed by atoms with Gasteiger partial charge in [-0.3, -0.25) is 9.59 Å². The summed E-state index contributed by atoms with van der Waals surface area (Å²) in [6.07, 6.45) is 1.64. The van der Waals surface area contributed by atoms with Crippen LogP contribution < -0.4 is 10.6 Å². The largest absolute Gasteiger partial charge is 0.454 e. The average Bonchev–Trinajstić information content (AvgIpc) is 3.34.